The van der Waals surface area contributed by atoms with Crippen molar-refractivity contribution in [2.75, 3.05) is 13.7 Å². The van der Waals surface area contributed by atoms with Gasteiger partial charge in [0.05, 0.1) is 13.5 Å². The van der Waals surface area contributed by atoms with Crippen LogP contribution in [0, 0.1) is 0 Å². The summed E-state index contributed by atoms with van der Waals surface area (Å²) in [6.45, 7) is -0.00254. The highest BCUT2D eigenvalue weighted by Crippen LogP contribution is 2.32. The summed E-state index contributed by atoms with van der Waals surface area (Å²) in [4.78, 5) is 24.6. The molecule has 0 spiro atoms. The second-order valence-corrected chi connectivity index (χ2v) is 9.63. The molecule has 0 heterocycles. The Morgan fingerprint density at radius 1 is 0.914 bits per heavy atom. The molecule has 6 heteroatoms. The molecule has 0 radical (unpaired) electrons. The molecule has 5 nitrogen and oxygen atoms in total. The zero-order valence-corrected chi connectivity index (χ0v) is 20.9. The molecule has 1 atom stereocenters. The Hall–Kier alpha value is -3.05. The lowest BCUT2D eigenvalue weighted by atomic mass is 9.87. The van der Waals surface area contributed by atoms with Crippen LogP contribution in [0.4, 0.5) is 0 Å². The molecule has 1 fully saturated rings. The van der Waals surface area contributed by atoms with E-state index < -0.39 is 0 Å². The normalized spacial score (nSPS) is 15.3. The summed E-state index contributed by atoms with van der Waals surface area (Å²) in [5, 5.41) is 5.80. The molecule has 1 N–H and O–H groups in total. The van der Waals surface area contributed by atoms with Gasteiger partial charge in [-0.3, -0.25) is 9.59 Å². The average molecular weight is 494 g/mol. The van der Waals surface area contributed by atoms with Gasteiger partial charge in [-0.1, -0.05) is 73.7 Å². The fourth-order valence-corrected chi connectivity index (χ4v) is 4.89. The SMILES string of the molecule is COC(=O)CC(c1ccc(Cl)cc1)c1ccc2ccc(OCC(=O)NC3CCCCCC3)cc2c1. The predicted molar refractivity (Wildman–Crippen MR) is 139 cm³/mol. The van der Waals surface area contributed by atoms with Crippen molar-refractivity contribution in [3.05, 3.63) is 76.8 Å². The Balaban J connectivity index is 1.49. The van der Waals surface area contributed by atoms with Gasteiger partial charge >= 0.3 is 5.97 Å². The summed E-state index contributed by atoms with van der Waals surface area (Å²) in [6, 6.07) is 19.7. The minimum absolute atomic E-state index is 0.00254. The van der Waals surface area contributed by atoms with Crippen molar-refractivity contribution in [3.8, 4) is 5.75 Å². The Bertz CT molecular complexity index is 1150. The van der Waals surface area contributed by atoms with Crippen LogP contribution in [0.5, 0.6) is 5.75 Å². The van der Waals surface area contributed by atoms with Crippen molar-refractivity contribution in [2.24, 2.45) is 0 Å². The van der Waals surface area contributed by atoms with Crippen molar-refractivity contribution in [1.82, 2.24) is 5.32 Å². The summed E-state index contributed by atoms with van der Waals surface area (Å²) >= 11 is 6.07. The Morgan fingerprint density at radius 3 is 2.31 bits per heavy atom. The first kappa shape index (κ1) is 25.1. The van der Waals surface area contributed by atoms with Gasteiger partial charge < -0.3 is 14.8 Å². The van der Waals surface area contributed by atoms with E-state index in [1.165, 1.54) is 32.8 Å². The van der Waals surface area contributed by atoms with E-state index in [9.17, 15) is 9.59 Å². The zero-order chi connectivity index (χ0) is 24.6. The van der Waals surface area contributed by atoms with Gasteiger partial charge in [-0.2, -0.15) is 0 Å². The van der Waals surface area contributed by atoms with Crippen LogP contribution in [-0.2, 0) is 14.3 Å². The molecule has 0 aromatic heterocycles. The van der Waals surface area contributed by atoms with Crippen molar-refractivity contribution in [2.45, 2.75) is 56.9 Å². The number of carbonyl (C=O) groups excluding carboxylic acids is 2. The topological polar surface area (TPSA) is 64.6 Å². The smallest absolute Gasteiger partial charge is 0.306 e. The van der Waals surface area contributed by atoms with Crippen LogP contribution in [0.2, 0.25) is 5.02 Å². The minimum Gasteiger partial charge on any atom is -0.484 e. The number of methoxy groups -OCH3 is 1. The number of hydrogen-bond donors (Lipinski definition) is 1. The number of ether oxygens (including phenoxy) is 2. The van der Waals surface area contributed by atoms with Crippen molar-refractivity contribution in [3.63, 3.8) is 0 Å². The second kappa shape index (κ2) is 12.1. The first-order chi connectivity index (χ1) is 17.0. The monoisotopic (exact) mass is 493 g/mol. The fraction of sp³-hybridized carbons (Fsp3) is 0.379. The van der Waals surface area contributed by atoms with E-state index in [0.717, 1.165) is 34.7 Å². The Kier molecular flexibility index (Phi) is 8.64. The maximum atomic E-state index is 12.4. The summed E-state index contributed by atoms with van der Waals surface area (Å²) in [6.07, 6.45) is 7.16. The van der Waals surface area contributed by atoms with E-state index in [0.29, 0.717) is 10.8 Å². The number of halogens is 1. The first-order valence-corrected chi connectivity index (χ1v) is 12.7. The lowest BCUT2D eigenvalue weighted by molar-refractivity contribution is -0.140. The Morgan fingerprint density at radius 2 is 1.60 bits per heavy atom. The lowest BCUT2D eigenvalue weighted by Gasteiger charge is -2.18. The number of amides is 1. The summed E-state index contributed by atoms with van der Waals surface area (Å²) in [7, 11) is 1.40. The van der Waals surface area contributed by atoms with E-state index in [2.05, 4.69) is 11.4 Å². The zero-order valence-electron chi connectivity index (χ0n) is 20.1. The second-order valence-electron chi connectivity index (χ2n) is 9.20. The predicted octanol–water partition coefficient (Wildman–Crippen LogP) is 6.41. The highest BCUT2D eigenvalue weighted by atomic mass is 35.5. The molecular weight excluding hydrogens is 462 g/mol. The van der Waals surface area contributed by atoms with Gasteiger partial charge in [-0.05, 0) is 59.0 Å². The molecule has 35 heavy (non-hydrogen) atoms. The molecule has 1 aliphatic rings. The summed E-state index contributed by atoms with van der Waals surface area (Å²) < 4.78 is 10.8. The maximum Gasteiger partial charge on any atom is 0.306 e. The molecule has 3 aromatic rings. The third-order valence-electron chi connectivity index (χ3n) is 6.70. The number of hydrogen-bond acceptors (Lipinski definition) is 4. The highest BCUT2D eigenvalue weighted by molar-refractivity contribution is 6.30. The van der Waals surface area contributed by atoms with Crippen LogP contribution in [0.25, 0.3) is 10.8 Å². The van der Waals surface area contributed by atoms with Gasteiger partial charge in [0.1, 0.15) is 5.75 Å². The van der Waals surface area contributed by atoms with Crippen LogP contribution >= 0.6 is 11.6 Å². The number of fused-ring (bicyclic) bond motifs is 1. The largest absolute Gasteiger partial charge is 0.484 e. The third kappa shape index (κ3) is 6.98. The van der Waals surface area contributed by atoms with Gasteiger partial charge in [-0.25, -0.2) is 0 Å². The molecule has 3 aromatic carbocycles. The van der Waals surface area contributed by atoms with Crippen molar-refractivity contribution < 1.29 is 19.1 Å². The maximum absolute atomic E-state index is 12.4. The molecule has 1 saturated carbocycles. The van der Waals surface area contributed by atoms with Crippen LogP contribution in [0.3, 0.4) is 0 Å². The quantitative estimate of drug-likeness (QED) is 0.291. The van der Waals surface area contributed by atoms with Crippen LogP contribution in [0.1, 0.15) is 62.0 Å². The van der Waals surface area contributed by atoms with E-state index >= 15 is 0 Å². The number of benzene rings is 3. The average Bonchev–Trinajstić information content (AvgIpc) is 3.14. The molecule has 1 unspecified atom stereocenters. The molecule has 184 valence electrons. The molecular formula is C29H32ClNO4. The number of esters is 1. The number of nitrogens with one attached hydrogen (secondary N) is 1. The van der Waals surface area contributed by atoms with Gasteiger partial charge in [0.15, 0.2) is 6.61 Å². The van der Waals surface area contributed by atoms with E-state index in [4.69, 9.17) is 21.1 Å². The molecule has 0 bridgehead atoms. The van der Waals surface area contributed by atoms with E-state index in [-0.39, 0.29) is 36.9 Å². The molecule has 1 aliphatic carbocycles. The molecule has 0 saturated heterocycles. The summed E-state index contributed by atoms with van der Waals surface area (Å²) in [5.41, 5.74) is 1.98. The van der Waals surface area contributed by atoms with Gasteiger partial charge in [0, 0.05) is 17.0 Å². The van der Waals surface area contributed by atoms with Gasteiger partial charge in [0.25, 0.3) is 5.91 Å². The fourth-order valence-electron chi connectivity index (χ4n) is 4.76. The summed E-state index contributed by atoms with van der Waals surface area (Å²) in [5.74, 6) is 0.120. The van der Waals surface area contributed by atoms with E-state index in [1.54, 1.807) is 0 Å². The number of rotatable bonds is 8. The van der Waals surface area contributed by atoms with Crippen LogP contribution in [0.15, 0.2) is 60.7 Å². The van der Waals surface area contributed by atoms with Crippen LogP contribution < -0.4 is 10.1 Å². The molecule has 4 rings (SSSR count). The highest BCUT2D eigenvalue weighted by Gasteiger charge is 2.20. The van der Waals surface area contributed by atoms with Crippen LogP contribution in [-0.4, -0.2) is 31.6 Å². The molecule has 1 amide bonds. The van der Waals surface area contributed by atoms with Gasteiger partial charge in [0.2, 0.25) is 0 Å². The van der Waals surface area contributed by atoms with Gasteiger partial charge in [-0.15, -0.1) is 0 Å². The Labute approximate surface area is 211 Å². The van der Waals surface area contributed by atoms with E-state index in [1.807, 2.05) is 54.6 Å². The van der Waals surface area contributed by atoms with Crippen molar-refractivity contribution in [1.29, 1.82) is 0 Å². The lowest BCUT2D eigenvalue weighted by Crippen LogP contribution is -2.37. The minimum atomic E-state index is -0.276. The first-order valence-electron chi connectivity index (χ1n) is 12.3. The molecule has 0 aliphatic heterocycles. The third-order valence-corrected chi connectivity index (χ3v) is 6.95. The number of carbonyl (C=O) groups is 2. The standard InChI is InChI=1S/C29H32ClNO4/c1-34-29(33)18-27(21-10-13-24(30)14-11-21)22-9-8-20-12-15-26(17-23(20)16-22)35-19-28(32)31-25-6-4-2-3-5-7-25/h8-17,25,27H,2-7,18-19H2,1H3,(H,31,32). The van der Waals surface area contributed by atoms with Crippen molar-refractivity contribution >= 4 is 34.2 Å².